The third-order valence-electron chi connectivity index (χ3n) is 2.83. The summed E-state index contributed by atoms with van der Waals surface area (Å²) in [5.74, 6) is -0.781. The average Bonchev–Trinajstić information content (AvgIpc) is 2.41. The second-order valence-corrected chi connectivity index (χ2v) is 6.32. The number of halogens is 3. The quantitative estimate of drug-likeness (QED) is 0.759. The molecular weight excluding hydrogens is 403 g/mol. The van der Waals surface area contributed by atoms with Gasteiger partial charge in [-0.2, -0.15) is 0 Å². The summed E-state index contributed by atoms with van der Waals surface area (Å²) >= 11 is 6.55. The zero-order valence-corrected chi connectivity index (χ0v) is 14.4. The molecule has 0 aliphatic rings. The smallest absolute Gasteiger partial charge is 0.243 e. The maximum Gasteiger partial charge on any atom is 0.243 e. The van der Waals surface area contributed by atoms with Crippen molar-refractivity contribution in [2.75, 3.05) is 17.2 Å². The van der Waals surface area contributed by atoms with Gasteiger partial charge in [0.2, 0.25) is 5.91 Å². The van der Waals surface area contributed by atoms with Crippen LogP contribution in [0.5, 0.6) is 0 Å². The van der Waals surface area contributed by atoms with Crippen molar-refractivity contribution >= 4 is 49.1 Å². The Morgan fingerprint density at radius 2 is 1.71 bits per heavy atom. The number of anilines is 2. The van der Waals surface area contributed by atoms with E-state index >= 15 is 0 Å². The first-order chi connectivity index (χ1) is 9.95. The minimum atomic E-state index is -0.474. The Kier molecular flexibility index (Phi) is 5.36. The number of nitrogens with one attached hydrogen (secondary N) is 2. The Labute approximate surface area is 139 Å². The van der Waals surface area contributed by atoms with E-state index < -0.39 is 5.82 Å². The lowest BCUT2D eigenvalue weighted by atomic mass is 10.2. The zero-order chi connectivity index (χ0) is 15.4. The fourth-order valence-electron chi connectivity index (χ4n) is 1.79. The number of benzene rings is 2. The molecule has 0 radical (unpaired) electrons. The molecule has 2 rings (SSSR count). The summed E-state index contributed by atoms with van der Waals surface area (Å²) in [4.78, 5) is 11.8. The molecule has 0 saturated heterocycles. The lowest BCUT2D eigenvalue weighted by molar-refractivity contribution is -0.114. The highest BCUT2D eigenvalue weighted by Crippen LogP contribution is 2.21. The van der Waals surface area contributed by atoms with Crippen molar-refractivity contribution < 1.29 is 9.18 Å². The first kappa shape index (κ1) is 16.0. The van der Waals surface area contributed by atoms with Crippen molar-refractivity contribution in [2.24, 2.45) is 0 Å². The summed E-state index contributed by atoms with van der Waals surface area (Å²) < 4.78 is 15.2. The van der Waals surface area contributed by atoms with Crippen LogP contribution in [0.1, 0.15) is 5.56 Å². The number of carbonyl (C=O) groups excluding carboxylic acids is 1. The van der Waals surface area contributed by atoms with Crippen molar-refractivity contribution in [1.82, 2.24) is 0 Å². The van der Waals surface area contributed by atoms with E-state index in [-0.39, 0.29) is 18.1 Å². The van der Waals surface area contributed by atoms with Crippen LogP contribution in [0.4, 0.5) is 15.8 Å². The van der Waals surface area contributed by atoms with E-state index in [2.05, 4.69) is 42.5 Å². The van der Waals surface area contributed by atoms with Gasteiger partial charge in [0.25, 0.3) is 0 Å². The minimum Gasteiger partial charge on any atom is -0.376 e. The van der Waals surface area contributed by atoms with Crippen molar-refractivity contribution in [2.45, 2.75) is 6.92 Å². The van der Waals surface area contributed by atoms with Gasteiger partial charge in [0.05, 0.1) is 12.2 Å². The summed E-state index contributed by atoms with van der Waals surface area (Å²) in [6, 6.07) is 10.2. The molecule has 2 aromatic rings. The van der Waals surface area contributed by atoms with E-state index in [4.69, 9.17) is 0 Å². The predicted molar refractivity (Wildman–Crippen MR) is 90.1 cm³/mol. The predicted octanol–water partition coefficient (Wildman–Crippen LogP) is 4.71. The van der Waals surface area contributed by atoms with Gasteiger partial charge in [-0.15, -0.1) is 0 Å². The van der Waals surface area contributed by atoms with Crippen LogP contribution < -0.4 is 10.6 Å². The molecule has 6 heteroatoms. The van der Waals surface area contributed by atoms with E-state index in [1.54, 1.807) is 6.07 Å². The molecule has 0 fully saturated rings. The average molecular weight is 416 g/mol. The first-order valence-corrected chi connectivity index (χ1v) is 7.79. The lowest BCUT2D eigenvalue weighted by Crippen LogP contribution is -2.22. The molecule has 110 valence electrons. The molecule has 3 nitrogen and oxygen atoms in total. The molecule has 2 N–H and O–H groups in total. The van der Waals surface area contributed by atoms with Crippen LogP contribution in [-0.4, -0.2) is 12.5 Å². The zero-order valence-electron chi connectivity index (χ0n) is 11.2. The van der Waals surface area contributed by atoms with Crippen LogP contribution in [0.25, 0.3) is 0 Å². The largest absolute Gasteiger partial charge is 0.376 e. The third-order valence-corrected chi connectivity index (χ3v) is 3.82. The van der Waals surface area contributed by atoms with Gasteiger partial charge >= 0.3 is 0 Å². The fraction of sp³-hybridized carbons (Fsp3) is 0.133. The van der Waals surface area contributed by atoms with Gasteiger partial charge in [-0.3, -0.25) is 4.79 Å². The van der Waals surface area contributed by atoms with E-state index in [1.807, 2.05) is 25.1 Å². The summed E-state index contributed by atoms with van der Waals surface area (Å²) in [6.07, 6.45) is 0. The highest BCUT2D eigenvalue weighted by Gasteiger charge is 2.08. The van der Waals surface area contributed by atoms with E-state index in [0.717, 1.165) is 15.7 Å². The fourth-order valence-corrected chi connectivity index (χ4v) is 2.59. The summed E-state index contributed by atoms with van der Waals surface area (Å²) in [7, 11) is 0. The van der Waals surface area contributed by atoms with Crippen molar-refractivity contribution in [3.63, 3.8) is 0 Å². The van der Waals surface area contributed by atoms with Gasteiger partial charge in [0.1, 0.15) is 5.82 Å². The molecular formula is C15H13Br2FN2O. The minimum absolute atomic E-state index is 0.0674. The summed E-state index contributed by atoms with van der Waals surface area (Å²) in [6.45, 7) is 2.01. The topological polar surface area (TPSA) is 41.1 Å². The van der Waals surface area contributed by atoms with Crippen LogP contribution in [-0.2, 0) is 4.79 Å². The molecule has 0 aliphatic carbocycles. The monoisotopic (exact) mass is 414 g/mol. The number of aryl methyl sites for hydroxylation is 1. The Morgan fingerprint density at radius 3 is 2.33 bits per heavy atom. The van der Waals surface area contributed by atoms with Crippen molar-refractivity contribution in [3.8, 4) is 0 Å². The maximum absolute atomic E-state index is 13.6. The van der Waals surface area contributed by atoms with Gasteiger partial charge in [0.15, 0.2) is 0 Å². The SMILES string of the molecule is Cc1cc(Br)ccc1NCC(=O)Nc1ccc(Br)cc1F. The van der Waals surface area contributed by atoms with Crippen LogP contribution in [0.2, 0.25) is 0 Å². The molecule has 0 atom stereocenters. The molecule has 0 aliphatic heterocycles. The van der Waals surface area contributed by atoms with Gasteiger partial charge in [-0.1, -0.05) is 31.9 Å². The molecule has 0 aromatic heterocycles. The Hall–Kier alpha value is -1.40. The molecule has 0 bridgehead atoms. The maximum atomic E-state index is 13.6. The molecule has 21 heavy (non-hydrogen) atoms. The van der Waals surface area contributed by atoms with Gasteiger partial charge in [-0.25, -0.2) is 4.39 Å². The molecule has 0 saturated carbocycles. The lowest BCUT2D eigenvalue weighted by Gasteiger charge is -2.11. The number of carbonyl (C=O) groups is 1. The highest BCUT2D eigenvalue weighted by atomic mass is 79.9. The van der Waals surface area contributed by atoms with Crippen LogP contribution >= 0.6 is 31.9 Å². The molecule has 1 amide bonds. The number of amides is 1. The van der Waals surface area contributed by atoms with Gasteiger partial charge in [-0.05, 0) is 48.9 Å². The number of hydrogen-bond acceptors (Lipinski definition) is 2. The van der Waals surface area contributed by atoms with Gasteiger partial charge in [0, 0.05) is 14.6 Å². The number of hydrogen-bond donors (Lipinski definition) is 2. The van der Waals surface area contributed by atoms with Crippen LogP contribution in [0, 0.1) is 12.7 Å². The molecule has 2 aromatic carbocycles. The van der Waals surface area contributed by atoms with Gasteiger partial charge < -0.3 is 10.6 Å². The molecule has 0 spiro atoms. The first-order valence-electron chi connectivity index (χ1n) is 6.20. The second-order valence-electron chi connectivity index (χ2n) is 4.49. The van der Waals surface area contributed by atoms with Crippen LogP contribution in [0.3, 0.4) is 0 Å². The second kappa shape index (κ2) is 7.04. The summed E-state index contributed by atoms with van der Waals surface area (Å²) in [5.41, 5.74) is 2.05. The van der Waals surface area contributed by atoms with Crippen molar-refractivity contribution in [1.29, 1.82) is 0 Å². The Bertz CT molecular complexity index is 677. The van der Waals surface area contributed by atoms with E-state index in [9.17, 15) is 9.18 Å². The highest BCUT2D eigenvalue weighted by molar-refractivity contribution is 9.10. The Balaban J connectivity index is 1.96. The van der Waals surface area contributed by atoms with Crippen LogP contribution in [0.15, 0.2) is 45.3 Å². The molecule has 0 unspecified atom stereocenters. The Morgan fingerprint density at radius 1 is 1.10 bits per heavy atom. The van der Waals surface area contributed by atoms with E-state index in [1.165, 1.54) is 12.1 Å². The van der Waals surface area contributed by atoms with E-state index in [0.29, 0.717) is 4.47 Å². The summed E-state index contributed by atoms with van der Waals surface area (Å²) in [5, 5.41) is 5.56. The van der Waals surface area contributed by atoms with Crippen molar-refractivity contribution in [3.05, 3.63) is 56.7 Å². The number of rotatable bonds is 4. The standard InChI is InChI=1S/C15H13Br2FN2O/c1-9-6-10(16)2-4-13(9)19-8-15(21)20-14-5-3-11(17)7-12(14)18/h2-7,19H,8H2,1H3,(H,20,21). The normalized spacial score (nSPS) is 10.3. The molecule has 0 heterocycles. The third kappa shape index (κ3) is 4.54.